The number of cyclic esters (lactones) is 1. The molecule has 1 saturated heterocycles. The maximum absolute atomic E-state index is 13.4. The van der Waals surface area contributed by atoms with E-state index in [1.165, 1.54) is 9.80 Å². The summed E-state index contributed by atoms with van der Waals surface area (Å²) in [5.74, 6) is -4.21. The molecule has 11 heteroatoms. The number of fused-ring (bicyclic) bond motifs is 1. The van der Waals surface area contributed by atoms with Crippen LogP contribution in [0.2, 0.25) is 0 Å². The van der Waals surface area contributed by atoms with E-state index >= 15 is 0 Å². The van der Waals surface area contributed by atoms with Crippen molar-refractivity contribution in [1.82, 2.24) is 10.1 Å². The summed E-state index contributed by atoms with van der Waals surface area (Å²) in [6, 6.07) is 0.453. The number of hydrogen-bond acceptors (Lipinski definition) is 5. The molecule has 0 bridgehead atoms. The highest BCUT2D eigenvalue weighted by Crippen LogP contribution is 2.33. The Hall–Kier alpha value is -3.24. The molecule has 8 nitrogen and oxygen atoms in total. The summed E-state index contributed by atoms with van der Waals surface area (Å²) in [6.07, 6.45) is -0.202. The number of nitrogens with one attached hydrogen (secondary N) is 1. The van der Waals surface area contributed by atoms with Crippen LogP contribution in [0.4, 0.5) is 34.3 Å². The first-order chi connectivity index (χ1) is 13.3. The Balaban J connectivity index is 1.56. The van der Waals surface area contributed by atoms with Crippen molar-refractivity contribution in [3.05, 3.63) is 40.8 Å². The van der Waals surface area contributed by atoms with Gasteiger partial charge in [-0.15, -0.1) is 0 Å². The van der Waals surface area contributed by atoms with Crippen LogP contribution in [0.25, 0.3) is 0 Å². The minimum Gasteiger partial charge on any atom is -0.447 e. The molecule has 1 atom stereocenters. The summed E-state index contributed by atoms with van der Waals surface area (Å²) in [5.41, 5.74) is 0.960. The SMILES string of the molecule is C[C@H]1Cc2noc(N3CCOC3=O)c2CN1C(=O)Nc1cc(F)c(F)c(F)c1. The topological polar surface area (TPSA) is 87.9 Å². The average Bonchev–Trinajstić information content (AvgIpc) is 3.24. The van der Waals surface area contributed by atoms with Gasteiger partial charge in [-0.25, -0.2) is 27.7 Å². The third kappa shape index (κ3) is 3.02. The van der Waals surface area contributed by atoms with Gasteiger partial charge in [-0.05, 0) is 6.92 Å². The smallest absolute Gasteiger partial charge is 0.416 e. The zero-order valence-corrected chi connectivity index (χ0v) is 14.7. The zero-order valence-electron chi connectivity index (χ0n) is 14.7. The van der Waals surface area contributed by atoms with E-state index in [9.17, 15) is 22.8 Å². The maximum atomic E-state index is 13.4. The van der Waals surface area contributed by atoms with Crippen LogP contribution in [-0.4, -0.2) is 41.4 Å². The molecule has 2 aliphatic heterocycles. The lowest BCUT2D eigenvalue weighted by atomic mass is 10.0. The molecule has 28 heavy (non-hydrogen) atoms. The number of urea groups is 1. The second-order valence-electron chi connectivity index (χ2n) is 6.54. The van der Waals surface area contributed by atoms with E-state index in [1.807, 2.05) is 0 Å². The number of ether oxygens (including phenoxy) is 1. The molecule has 0 aliphatic carbocycles. The van der Waals surface area contributed by atoms with Gasteiger partial charge in [-0.1, -0.05) is 5.16 Å². The van der Waals surface area contributed by atoms with Gasteiger partial charge in [0.2, 0.25) is 5.88 Å². The molecule has 1 aromatic heterocycles. The van der Waals surface area contributed by atoms with Crippen LogP contribution < -0.4 is 10.2 Å². The van der Waals surface area contributed by atoms with E-state index < -0.39 is 29.6 Å². The van der Waals surface area contributed by atoms with E-state index in [1.54, 1.807) is 6.92 Å². The van der Waals surface area contributed by atoms with E-state index in [0.29, 0.717) is 36.4 Å². The van der Waals surface area contributed by atoms with Crippen molar-refractivity contribution in [3.8, 4) is 0 Å². The van der Waals surface area contributed by atoms with Crippen molar-refractivity contribution < 1.29 is 32.0 Å². The van der Waals surface area contributed by atoms with Gasteiger partial charge < -0.3 is 19.5 Å². The Kier molecular flexibility index (Phi) is 4.36. The Labute approximate surface area is 156 Å². The van der Waals surface area contributed by atoms with Gasteiger partial charge in [0.25, 0.3) is 0 Å². The van der Waals surface area contributed by atoms with E-state index in [4.69, 9.17) is 9.26 Å². The first kappa shape index (κ1) is 18.1. The van der Waals surface area contributed by atoms with Crippen molar-refractivity contribution in [3.63, 3.8) is 0 Å². The fraction of sp³-hybridized carbons (Fsp3) is 0.353. The van der Waals surface area contributed by atoms with Crippen molar-refractivity contribution >= 4 is 23.7 Å². The zero-order chi connectivity index (χ0) is 20.0. The highest BCUT2D eigenvalue weighted by molar-refractivity contribution is 5.91. The van der Waals surface area contributed by atoms with Crippen LogP contribution in [0.3, 0.4) is 0 Å². The number of nitrogens with zero attached hydrogens (tertiary/aromatic N) is 3. The van der Waals surface area contributed by atoms with Gasteiger partial charge in [0.1, 0.15) is 6.61 Å². The van der Waals surface area contributed by atoms with Gasteiger partial charge >= 0.3 is 12.1 Å². The number of halogens is 3. The van der Waals surface area contributed by atoms with Gasteiger partial charge in [-0.3, -0.25) is 0 Å². The molecule has 0 saturated carbocycles. The predicted octanol–water partition coefficient (Wildman–Crippen LogP) is 3.03. The number of hydrogen-bond donors (Lipinski definition) is 1. The van der Waals surface area contributed by atoms with Crippen molar-refractivity contribution in [2.24, 2.45) is 0 Å². The van der Waals surface area contributed by atoms with Crippen molar-refractivity contribution in [2.75, 3.05) is 23.4 Å². The number of anilines is 2. The Bertz CT molecular complexity index is 941. The number of benzene rings is 1. The number of carbonyl (C=O) groups is 2. The molecule has 1 fully saturated rings. The molecular weight excluding hydrogens is 381 g/mol. The van der Waals surface area contributed by atoms with Crippen LogP contribution in [0.15, 0.2) is 16.7 Å². The molecule has 0 spiro atoms. The minimum atomic E-state index is -1.61. The monoisotopic (exact) mass is 396 g/mol. The lowest BCUT2D eigenvalue weighted by Crippen LogP contribution is -2.45. The van der Waals surface area contributed by atoms with Gasteiger partial charge in [-0.2, -0.15) is 0 Å². The molecule has 0 unspecified atom stereocenters. The Morgan fingerprint density at radius 1 is 1.29 bits per heavy atom. The number of rotatable bonds is 2. The number of amides is 3. The van der Waals surface area contributed by atoms with E-state index in [-0.39, 0.29) is 30.8 Å². The Morgan fingerprint density at radius 3 is 2.64 bits per heavy atom. The van der Waals surface area contributed by atoms with Crippen LogP contribution in [0.1, 0.15) is 18.2 Å². The second-order valence-corrected chi connectivity index (χ2v) is 6.54. The normalized spacial score (nSPS) is 18.9. The van der Waals surface area contributed by atoms with Crippen LogP contribution in [-0.2, 0) is 17.7 Å². The molecule has 1 aromatic carbocycles. The fourth-order valence-corrected chi connectivity index (χ4v) is 3.25. The Morgan fingerprint density at radius 2 is 2.00 bits per heavy atom. The van der Waals surface area contributed by atoms with Crippen molar-refractivity contribution in [1.29, 1.82) is 0 Å². The fourth-order valence-electron chi connectivity index (χ4n) is 3.25. The highest BCUT2D eigenvalue weighted by atomic mass is 19.2. The third-order valence-corrected chi connectivity index (χ3v) is 4.70. The summed E-state index contributed by atoms with van der Waals surface area (Å²) in [4.78, 5) is 27.1. The minimum absolute atomic E-state index is 0.0666. The lowest BCUT2D eigenvalue weighted by molar-refractivity contribution is 0.180. The summed E-state index contributed by atoms with van der Waals surface area (Å²) in [5, 5.41) is 6.33. The molecule has 0 radical (unpaired) electrons. The highest BCUT2D eigenvalue weighted by Gasteiger charge is 2.37. The average molecular weight is 396 g/mol. The van der Waals surface area contributed by atoms with E-state index in [2.05, 4.69) is 10.5 Å². The molecule has 148 valence electrons. The van der Waals surface area contributed by atoms with Gasteiger partial charge in [0.05, 0.1) is 24.3 Å². The first-order valence-corrected chi connectivity index (χ1v) is 8.49. The summed E-state index contributed by atoms with van der Waals surface area (Å²) in [6.45, 7) is 2.36. The molecule has 4 rings (SSSR count). The summed E-state index contributed by atoms with van der Waals surface area (Å²) >= 11 is 0. The second kappa shape index (κ2) is 6.73. The van der Waals surface area contributed by atoms with Crippen LogP contribution in [0.5, 0.6) is 0 Å². The quantitative estimate of drug-likeness (QED) is 0.789. The summed E-state index contributed by atoms with van der Waals surface area (Å²) < 4.78 is 50.0. The molecule has 3 heterocycles. The lowest BCUT2D eigenvalue weighted by Gasteiger charge is -2.33. The molecular formula is C17H15F3N4O4. The third-order valence-electron chi connectivity index (χ3n) is 4.70. The van der Waals surface area contributed by atoms with Crippen LogP contribution in [0, 0.1) is 17.5 Å². The largest absolute Gasteiger partial charge is 0.447 e. The van der Waals surface area contributed by atoms with E-state index in [0.717, 1.165) is 0 Å². The predicted molar refractivity (Wildman–Crippen MR) is 89.2 cm³/mol. The van der Waals surface area contributed by atoms with Gasteiger partial charge in [0, 0.05) is 30.3 Å². The number of carbonyl (C=O) groups excluding carboxylic acids is 2. The molecule has 1 N–H and O–H groups in total. The number of aromatic nitrogens is 1. The maximum Gasteiger partial charge on any atom is 0.416 e. The van der Waals surface area contributed by atoms with Gasteiger partial charge in [0.15, 0.2) is 17.5 Å². The molecule has 3 amide bonds. The molecule has 2 aliphatic rings. The first-order valence-electron chi connectivity index (χ1n) is 8.49. The standard InChI is InChI=1S/C17H15F3N4O4/c1-8-4-13-10(15(28-22-13)23-2-3-27-17(23)26)7-24(8)16(25)21-9-5-11(18)14(20)12(19)6-9/h5-6,8H,2-4,7H2,1H3,(H,21,25)/t8-/m0/s1. The summed E-state index contributed by atoms with van der Waals surface area (Å²) in [7, 11) is 0. The van der Waals surface area contributed by atoms with Crippen molar-refractivity contribution in [2.45, 2.75) is 25.9 Å². The van der Waals surface area contributed by atoms with Crippen LogP contribution >= 0.6 is 0 Å². The molecule has 2 aromatic rings.